The first kappa shape index (κ1) is 20.9. The van der Waals surface area contributed by atoms with Gasteiger partial charge in [0.15, 0.2) is 11.6 Å². The summed E-state index contributed by atoms with van der Waals surface area (Å²) < 4.78 is 5.30. The molecule has 3 amide bonds. The predicted octanol–water partition coefficient (Wildman–Crippen LogP) is 3.32. The predicted molar refractivity (Wildman–Crippen MR) is 115 cm³/mol. The molecule has 4 rings (SSSR count). The number of hydrogen-bond donors (Lipinski definition) is 1. The van der Waals surface area contributed by atoms with E-state index in [0.717, 1.165) is 29.2 Å². The van der Waals surface area contributed by atoms with E-state index in [9.17, 15) is 9.59 Å². The summed E-state index contributed by atoms with van der Waals surface area (Å²) in [6.45, 7) is 6.66. The molecule has 0 radical (unpaired) electrons. The SMILES string of the molecule is CONc1ccc2c(c1)CCN2c1ccc(N2CCN(C(=O)OC(C)(C)C)C2=O)nn1. The van der Waals surface area contributed by atoms with Gasteiger partial charge in [-0.25, -0.2) is 14.5 Å². The van der Waals surface area contributed by atoms with E-state index in [-0.39, 0.29) is 6.54 Å². The summed E-state index contributed by atoms with van der Waals surface area (Å²) in [6, 6.07) is 9.13. The van der Waals surface area contributed by atoms with Gasteiger partial charge in [0, 0.05) is 18.8 Å². The summed E-state index contributed by atoms with van der Waals surface area (Å²) in [5, 5.41) is 8.58. The number of anilines is 4. The van der Waals surface area contributed by atoms with Crippen LogP contribution in [0.15, 0.2) is 30.3 Å². The highest BCUT2D eigenvalue weighted by atomic mass is 16.6. The lowest BCUT2D eigenvalue weighted by Gasteiger charge is -2.23. The van der Waals surface area contributed by atoms with Gasteiger partial charge in [0.05, 0.1) is 19.3 Å². The van der Waals surface area contributed by atoms with Crippen molar-refractivity contribution in [1.29, 1.82) is 0 Å². The molecule has 3 heterocycles. The Bertz CT molecular complexity index is 988. The van der Waals surface area contributed by atoms with E-state index in [0.29, 0.717) is 18.2 Å². The minimum Gasteiger partial charge on any atom is -0.443 e. The molecule has 0 bridgehead atoms. The Labute approximate surface area is 180 Å². The van der Waals surface area contributed by atoms with Crippen molar-refractivity contribution < 1.29 is 19.2 Å². The molecule has 0 aliphatic carbocycles. The zero-order valence-corrected chi connectivity index (χ0v) is 18.1. The van der Waals surface area contributed by atoms with Gasteiger partial charge < -0.3 is 9.64 Å². The van der Waals surface area contributed by atoms with E-state index < -0.39 is 17.7 Å². The molecular formula is C21H26N6O4. The number of imide groups is 1. The summed E-state index contributed by atoms with van der Waals surface area (Å²) in [5.74, 6) is 1.10. The van der Waals surface area contributed by atoms with Crippen molar-refractivity contribution >= 4 is 35.1 Å². The Morgan fingerprint density at radius 2 is 1.74 bits per heavy atom. The van der Waals surface area contributed by atoms with Gasteiger partial charge in [-0.05, 0) is 63.1 Å². The third-order valence-corrected chi connectivity index (χ3v) is 5.01. The molecule has 0 atom stereocenters. The fraction of sp³-hybridized carbons (Fsp3) is 0.429. The van der Waals surface area contributed by atoms with Gasteiger partial charge in [-0.3, -0.25) is 15.2 Å². The summed E-state index contributed by atoms with van der Waals surface area (Å²) in [7, 11) is 1.58. The number of urea groups is 1. The van der Waals surface area contributed by atoms with Crippen molar-refractivity contribution in [3.05, 3.63) is 35.9 Å². The van der Waals surface area contributed by atoms with Gasteiger partial charge in [0.25, 0.3) is 0 Å². The van der Waals surface area contributed by atoms with Crippen molar-refractivity contribution in [2.24, 2.45) is 0 Å². The number of benzene rings is 1. The van der Waals surface area contributed by atoms with Crippen LogP contribution in [-0.2, 0) is 16.0 Å². The van der Waals surface area contributed by atoms with Crippen LogP contribution in [0.3, 0.4) is 0 Å². The Hall–Kier alpha value is -3.40. The van der Waals surface area contributed by atoms with E-state index >= 15 is 0 Å². The van der Waals surface area contributed by atoms with Gasteiger partial charge >= 0.3 is 12.1 Å². The summed E-state index contributed by atoms with van der Waals surface area (Å²) in [4.78, 5) is 34.5. The molecule has 0 unspecified atom stereocenters. The fourth-order valence-corrected chi connectivity index (χ4v) is 3.66. The number of fused-ring (bicyclic) bond motifs is 1. The lowest BCUT2D eigenvalue weighted by atomic mass is 10.1. The molecule has 1 saturated heterocycles. The molecule has 164 valence electrons. The van der Waals surface area contributed by atoms with Gasteiger partial charge in [-0.2, -0.15) is 0 Å². The standard InChI is InChI=1S/C21H26N6O4/c1-21(2,3)31-20(29)27-12-11-26(19(27)28)18-8-7-17(22-23-18)25-10-9-14-13-15(24-30-4)5-6-16(14)25/h5-8,13,24H,9-12H2,1-4H3. The van der Waals surface area contributed by atoms with Gasteiger partial charge in [0.2, 0.25) is 0 Å². The molecule has 0 saturated carbocycles. The lowest BCUT2D eigenvalue weighted by molar-refractivity contribution is 0.0354. The Morgan fingerprint density at radius 3 is 2.39 bits per heavy atom. The molecule has 2 aliphatic rings. The molecular weight excluding hydrogens is 400 g/mol. The maximum absolute atomic E-state index is 12.7. The summed E-state index contributed by atoms with van der Waals surface area (Å²) >= 11 is 0. The van der Waals surface area contributed by atoms with Crippen LogP contribution in [0.2, 0.25) is 0 Å². The normalized spacial score (nSPS) is 16.0. The lowest BCUT2D eigenvalue weighted by Crippen LogP contribution is -2.40. The van der Waals surface area contributed by atoms with Crippen LogP contribution in [0.25, 0.3) is 0 Å². The first-order valence-corrected chi connectivity index (χ1v) is 10.1. The zero-order chi connectivity index (χ0) is 22.2. The highest BCUT2D eigenvalue weighted by molar-refractivity contribution is 6.02. The highest BCUT2D eigenvalue weighted by Gasteiger charge is 2.37. The number of nitrogens with one attached hydrogen (secondary N) is 1. The van der Waals surface area contributed by atoms with E-state index in [1.165, 1.54) is 10.5 Å². The molecule has 1 N–H and O–H groups in total. The minimum atomic E-state index is -0.668. The number of rotatable bonds is 4. The number of nitrogens with zero attached hydrogens (tertiary/aromatic N) is 5. The molecule has 0 spiro atoms. The van der Waals surface area contributed by atoms with Crippen LogP contribution in [0.4, 0.5) is 32.6 Å². The Kier molecular flexibility index (Phi) is 5.40. The van der Waals surface area contributed by atoms with Crippen LogP contribution in [-0.4, -0.2) is 59.6 Å². The van der Waals surface area contributed by atoms with Gasteiger partial charge in [0.1, 0.15) is 5.60 Å². The smallest absolute Gasteiger partial charge is 0.418 e. The van der Waals surface area contributed by atoms with Crippen LogP contribution in [0.1, 0.15) is 26.3 Å². The van der Waals surface area contributed by atoms with Gasteiger partial charge in [-0.1, -0.05) is 0 Å². The number of aromatic nitrogens is 2. The molecule has 10 nitrogen and oxygen atoms in total. The molecule has 1 fully saturated rings. The number of ether oxygens (including phenoxy) is 1. The monoisotopic (exact) mass is 426 g/mol. The number of amides is 3. The Morgan fingerprint density at radius 1 is 1.03 bits per heavy atom. The van der Waals surface area contributed by atoms with E-state index in [1.807, 2.05) is 18.2 Å². The topological polar surface area (TPSA) is 100 Å². The van der Waals surface area contributed by atoms with Crippen LogP contribution in [0, 0.1) is 0 Å². The zero-order valence-electron chi connectivity index (χ0n) is 18.1. The quantitative estimate of drug-likeness (QED) is 0.743. The average molecular weight is 426 g/mol. The maximum atomic E-state index is 12.7. The average Bonchev–Trinajstić information content (AvgIpc) is 3.30. The summed E-state index contributed by atoms with van der Waals surface area (Å²) in [5.41, 5.74) is 5.32. The molecule has 1 aromatic carbocycles. The van der Waals surface area contributed by atoms with E-state index in [2.05, 4.69) is 26.6 Å². The first-order chi connectivity index (χ1) is 14.8. The number of carbonyl (C=O) groups excluding carboxylic acids is 2. The Balaban J connectivity index is 1.46. The van der Waals surface area contributed by atoms with Crippen LogP contribution >= 0.6 is 0 Å². The molecule has 1 aromatic heterocycles. The second-order valence-electron chi connectivity index (χ2n) is 8.37. The third kappa shape index (κ3) is 4.24. The minimum absolute atomic E-state index is 0.245. The van der Waals surface area contributed by atoms with Crippen molar-refractivity contribution in [2.45, 2.75) is 32.8 Å². The van der Waals surface area contributed by atoms with Gasteiger partial charge in [-0.15, -0.1) is 10.2 Å². The van der Waals surface area contributed by atoms with Crippen LogP contribution in [0.5, 0.6) is 0 Å². The second-order valence-corrected chi connectivity index (χ2v) is 8.37. The van der Waals surface area contributed by atoms with Crippen molar-refractivity contribution in [2.75, 3.05) is 42.0 Å². The van der Waals surface area contributed by atoms with E-state index in [4.69, 9.17) is 9.57 Å². The maximum Gasteiger partial charge on any atom is 0.418 e. The molecule has 10 heteroatoms. The van der Waals surface area contributed by atoms with Crippen LogP contribution < -0.4 is 15.3 Å². The molecule has 2 aliphatic heterocycles. The van der Waals surface area contributed by atoms with Crippen molar-refractivity contribution in [1.82, 2.24) is 15.1 Å². The van der Waals surface area contributed by atoms with Crippen molar-refractivity contribution in [3.8, 4) is 0 Å². The fourth-order valence-electron chi connectivity index (χ4n) is 3.66. The second kappa shape index (κ2) is 8.03. The highest BCUT2D eigenvalue weighted by Crippen LogP contribution is 2.35. The molecule has 31 heavy (non-hydrogen) atoms. The first-order valence-electron chi connectivity index (χ1n) is 10.1. The van der Waals surface area contributed by atoms with Crippen molar-refractivity contribution in [3.63, 3.8) is 0 Å². The third-order valence-electron chi connectivity index (χ3n) is 5.01. The number of hydrogen-bond acceptors (Lipinski definition) is 8. The van der Waals surface area contributed by atoms with E-state index in [1.54, 1.807) is 33.9 Å². The summed E-state index contributed by atoms with van der Waals surface area (Å²) in [6.07, 6.45) is 0.230. The molecule has 2 aromatic rings. The number of carbonyl (C=O) groups is 2. The largest absolute Gasteiger partial charge is 0.443 e.